The van der Waals surface area contributed by atoms with Crippen LogP contribution in [0.3, 0.4) is 0 Å². The van der Waals surface area contributed by atoms with E-state index in [1.165, 1.54) is 0 Å². The number of rotatable bonds is 3. The zero-order valence-electron chi connectivity index (χ0n) is 10.2. The molecule has 0 bridgehead atoms. The second-order valence-electron chi connectivity index (χ2n) is 4.02. The Morgan fingerprint density at radius 3 is 2.38 bits per heavy atom. The predicted molar refractivity (Wildman–Crippen MR) is 62.0 cm³/mol. The highest BCUT2D eigenvalue weighted by molar-refractivity contribution is 5.78. The summed E-state index contributed by atoms with van der Waals surface area (Å²) >= 11 is 0. The normalized spacial score (nSPS) is 17.1. The lowest BCUT2D eigenvalue weighted by atomic mass is 10.3. The van der Waals surface area contributed by atoms with Crippen LogP contribution >= 0.6 is 0 Å². The third-order valence-electron chi connectivity index (χ3n) is 2.82. The Hall–Kier alpha value is -1.10. The van der Waals surface area contributed by atoms with Gasteiger partial charge in [-0.1, -0.05) is 6.92 Å². The van der Waals surface area contributed by atoms with Crippen LogP contribution in [0.2, 0.25) is 0 Å². The van der Waals surface area contributed by atoms with E-state index in [0.717, 1.165) is 26.1 Å². The lowest BCUT2D eigenvalue weighted by Gasteiger charge is -2.21. The fourth-order valence-electron chi connectivity index (χ4n) is 1.83. The van der Waals surface area contributed by atoms with E-state index < -0.39 is 0 Å². The summed E-state index contributed by atoms with van der Waals surface area (Å²) in [4.78, 5) is 26.6. The Balaban J connectivity index is 2.40. The van der Waals surface area contributed by atoms with Crippen molar-refractivity contribution in [3.63, 3.8) is 0 Å². The van der Waals surface area contributed by atoms with Crippen LogP contribution in [-0.4, -0.2) is 60.9 Å². The molecule has 1 rings (SSSR count). The van der Waals surface area contributed by atoms with Crippen molar-refractivity contribution in [3.8, 4) is 0 Å². The molecule has 0 saturated carbocycles. The molecular weight excluding hydrogens is 206 g/mol. The quantitative estimate of drug-likeness (QED) is 0.719. The summed E-state index contributed by atoms with van der Waals surface area (Å²) in [6.45, 7) is 7.60. The van der Waals surface area contributed by atoms with Crippen molar-refractivity contribution in [1.82, 2.24) is 15.1 Å². The first-order valence-corrected chi connectivity index (χ1v) is 5.89. The average Bonchev–Trinajstić information content (AvgIpc) is 2.51. The number of hydrogen-bond acceptors (Lipinski definition) is 3. The summed E-state index contributed by atoms with van der Waals surface area (Å²) in [6, 6.07) is 0. The number of carbonyl (C=O) groups is 2. The van der Waals surface area contributed by atoms with E-state index in [2.05, 4.69) is 5.32 Å². The molecule has 92 valence electrons. The molecule has 1 aliphatic rings. The Kier molecular flexibility index (Phi) is 5.25. The highest BCUT2D eigenvalue weighted by Gasteiger charge is 2.19. The minimum atomic E-state index is 0.0981. The molecule has 0 aliphatic carbocycles. The lowest BCUT2D eigenvalue weighted by molar-refractivity contribution is -0.131. The largest absolute Gasteiger partial charge is 0.341 e. The maximum Gasteiger partial charge on any atom is 0.236 e. The minimum Gasteiger partial charge on any atom is -0.341 e. The van der Waals surface area contributed by atoms with Crippen molar-refractivity contribution in [3.05, 3.63) is 0 Å². The van der Waals surface area contributed by atoms with Crippen LogP contribution in [0.25, 0.3) is 0 Å². The van der Waals surface area contributed by atoms with Gasteiger partial charge < -0.3 is 15.1 Å². The summed E-state index contributed by atoms with van der Waals surface area (Å²) in [5, 5.41) is 3.03. The van der Waals surface area contributed by atoms with Crippen molar-refractivity contribution in [2.75, 3.05) is 39.3 Å². The summed E-state index contributed by atoms with van der Waals surface area (Å²) in [5.41, 5.74) is 0. The van der Waals surface area contributed by atoms with Crippen LogP contribution in [0.1, 0.15) is 20.3 Å². The van der Waals surface area contributed by atoms with Crippen molar-refractivity contribution < 1.29 is 9.59 Å². The van der Waals surface area contributed by atoms with Gasteiger partial charge in [0.05, 0.1) is 6.54 Å². The summed E-state index contributed by atoms with van der Waals surface area (Å²) in [5.74, 6) is 0.230. The summed E-state index contributed by atoms with van der Waals surface area (Å²) in [7, 11) is 0. The van der Waals surface area contributed by atoms with Crippen molar-refractivity contribution in [2.24, 2.45) is 0 Å². The number of likely N-dealkylation sites (N-methyl/N-ethyl adjacent to an activating group) is 1. The highest BCUT2D eigenvalue weighted by atomic mass is 16.2. The van der Waals surface area contributed by atoms with E-state index in [-0.39, 0.29) is 11.8 Å². The maximum atomic E-state index is 11.7. The average molecular weight is 227 g/mol. The fourth-order valence-corrected chi connectivity index (χ4v) is 1.83. The molecule has 0 aromatic carbocycles. The Morgan fingerprint density at radius 1 is 1.12 bits per heavy atom. The van der Waals surface area contributed by atoms with Gasteiger partial charge in [0.25, 0.3) is 0 Å². The molecule has 2 amide bonds. The van der Waals surface area contributed by atoms with Gasteiger partial charge in [0.2, 0.25) is 11.8 Å². The molecular formula is C11H21N3O2. The van der Waals surface area contributed by atoms with Crippen LogP contribution < -0.4 is 5.32 Å². The smallest absolute Gasteiger partial charge is 0.236 e. The molecule has 1 heterocycles. The number of nitrogens with one attached hydrogen (secondary N) is 1. The molecule has 0 unspecified atom stereocenters. The molecule has 16 heavy (non-hydrogen) atoms. The Morgan fingerprint density at radius 2 is 1.75 bits per heavy atom. The highest BCUT2D eigenvalue weighted by Crippen LogP contribution is 2.03. The van der Waals surface area contributed by atoms with Crippen molar-refractivity contribution in [2.45, 2.75) is 20.3 Å². The van der Waals surface area contributed by atoms with Gasteiger partial charge in [-0.3, -0.25) is 9.59 Å². The zero-order valence-corrected chi connectivity index (χ0v) is 10.2. The fraction of sp³-hybridized carbons (Fsp3) is 0.818. The van der Waals surface area contributed by atoms with Crippen molar-refractivity contribution in [1.29, 1.82) is 0 Å². The summed E-state index contributed by atoms with van der Waals surface area (Å²) in [6.07, 6.45) is 0.872. The molecule has 0 aromatic rings. The lowest BCUT2D eigenvalue weighted by Crippen LogP contribution is -2.40. The maximum absolute atomic E-state index is 11.7. The van der Waals surface area contributed by atoms with E-state index in [0.29, 0.717) is 19.6 Å². The number of carbonyl (C=O) groups excluding carboxylic acids is 2. The van der Waals surface area contributed by atoms with E-state index in [1.54, 1.807) is 11.8 Å². The first-order valence-electron chi connectivity index (χ1n) is 5.89. The molecule has 0 spiro atoms. The monoisotopic (exact) mass is 227 g/mol. The van der Waals surface area contributed by atoms with Gasteiger partial charge in [-0.15, -0.1) is 0 Å². The molecule has 1 aliphatic heterocycles. The second kappa shape index (κ2) is 6.48. The second-order valence-corrected chi connectivity index (χ2v) is 4.02. The van der Waals surface area contributed by atoms with Gasteiger partial charge in [-0.2, -0.15) is 0 Å². The van der Waals surface area contributed by atoms with Crippen LogP contribution in [-0.2, 0) is 9.59 Å². The van der Waals surface area contributed by atoms with Gasteiger partial charge in [-0.25, -0.2) is 0 Å². The molecule has 0 aromatic heterocycles. The zero-order chi connectivity index (χ0) is 12.0. The van der Waals surface area contributed by atoms with E-state index >= 15 is 0 Å². The van der Waals surface area contributed by atoms with Gasteiger partial charge >= 0.3 is 0 Å². The van der Waals surface area contributed by atoms with Gasteiger partial charge in [0, 0.05) is 33.1 Å². The topological polar surface area (TPSA) is 52.7 Å². The predicted octanol–water partition coefficient (Wildman–Crippen LogP) is -0.323. The Labute approximate surface area is 96.8 Å². The number of hydrogen-bond donors (Lipinski definition) is 1. The SMILES string of the molecule is CCNCC(=O)N1CCCN(C(C)=O)CC1. The Bertz CT molecular complexity index is 256. The molecule has 1 saturated heterocycles. The van der Waals surface area contributed by atoms with Gasteiger partial charge in [0.15, 0.2) is 0 Å². The molecule has 5 heteroatoms. The minimum absolute atomic E-state index is 0.0981. The number of nitrogens with zero attached hydrogens (tertiary/aromatic N) is 2. The molecule has 0 radical (unpaired) electrons. The van der Waals surface area contributed by atoms with Gasteiger partial charge in [0.1, 0.15) is 0 Å². The molecule has 1 fully saturated rings. The molecule has 0 atom stereocenters. The first-order chi connectivity index (χ1) is 7.65. The van der Waals surface area contributed by atoms with E-state index in [9.17, 15) is 9.59 Å². The molecule has 5 nitrogen and oxygen atoms in total. The van der Waals surface area contributed by atoms with Crippen LogP contribution in [0.15, 0.2) is 0 Å². The van der Waals surface area contributed by atoms with E-state index in [4.69, 9.17) is 0 Å². The van der Waals surface area contributed by atoms with Crippen LogP contribution in [0.5, 0.6) is 0 Å². The number of amides is 2. The third-order valence-corrected chi connectivity index (χ3v) is 2.82. The van der Waals surface area contributed by atoms with Crippen LogP contribution in [0.4, 0.5) is 0 Å². The first kappa shape index (κ1) is 13.0. The van der Waals surface area contributed by atoms with Crippen molar-refractivity contribution >= 4 is 11.8 Å². The summed E-state index contributed by atoms with van der Waals surface area (Å²) < 4.78 is 0. The van der Waals surface area contributed by atoms with Gasteiger partial charge in [-0.05, 0) is 13.0 Å². The third kappa shape index (κ3) is 3.81. The van der Waals surface area contributed by atoms with E-state index in [1.807, 2.05) is 11.8 Å². The van der Waals surface area contributed by atoms with Crippen LogP contribution in [0, 0.1) is 0 Å². The molecule has 1 N–H and O–H groups in total. The standard InChI is InChI=1S/C11H21N3O2/c1-3-12-9-11(16)14-6-4-5-13(7-8-14)10(2)15/h12H,3-9H2,1-2H3.